The lowest BCUT2D eigenvalue weighted by Crippen LogP contribution is -2.14. The number of carbonyl (C=O) groups excluding carboxylic acids is 1. The number of hydrogen-bond acceptors (Lipinski definition) is 3. The number of ether oxygens (including phenoxy) is 1. The van der Waals surface area contributed by atoms with Gasteiger partial charge in [-0.15, -0.1) is 0 Å². The van der Waals surface area contributed by atoms with Gasteiger partial charge in [-0.3, -0.25) is 4.79 Å². The van der Waals surface area contributed by atoms with Gasteiger partial charge in [0.1, 0.15) is 0 Å². The molecule has 3 heteroatoms. The zero-order chi connectivity index (χ0) is 11.5. The highest BCUT2D eigenvalue weighted by molar-refractivity contribution is 5.69. The van der Waals surface area contributed by atoms with Crippen LogP contribution in [0.1, 0.15) is 52.4 Å². The smallest absolute Gasteiger partial charge is 0.306 e. The molecule has 0 radical (unpaired) electrons. The summed E-state index contributed by atoms with van der Waals surface area (Å²) in [6.07, 6.45) is 6.01. The summed E-state index contributed by atoms with van der Waals surface area (Å²) >= 11 is 0. The predicted octanol–water partition coefficient (Wildman–Crippen LogP) is 2.52. The summed E-state index contributed by atoms with van der Waals surface area (Å²) in [5.41, 5.74) is 0. The average molecular weight is 216 g/mol. The Morgan fingerprint density at radius 1 is 1.27 bits per heavy atom. The number of hydrogen-bond donors (Lipinski definition) is 1. The lowest BCUT2D eigenvalue weighted by molar-refractivity contribution is -0.144. The summed E-state index contributed by atoms with van der Waals surface area (Å²) in [7, 11) is 0. The summed E-state index contributed by atoms with van der Waals surface area (Å²) in [6, 6.07) is 0. The minimum Gasteiger partial charge on any atom is -0.466 e. The average Bonchev–Trinajstić information content (AvgIpc) is 2.23. The molecule has 0 saturated carbocycles. The molecular formula is C12H24O3. The van der Waals surface area contributed by atoms with E-state index < -0.39 is 0 Å². The number of aliphatic hydroxyl groups excluding tert-OH is 1. The van der Waals surface area contributed by atoms with Crippen molar-refractivity contribution in [1.29, 1.82) is 0 Å². The predicted molar refractivity (Wildman–Crippen MR) is 60.6 cm³/mol. The van der Waals surface area contributed by atoms with Gasteiger partial charge in [-0.2, -0.15) is 0 Å². The molecule has 0 amide bonds. The lowest BCUT2D eigenvalue weighted by Gasteiger charge is -2.12. The van der Waals surface area contributed by atoms with Crippen molar-refractivity contribution >= 4 is 5.97 Å². The second kappa shape index (κ2) is 9.97. The van der Waals surface area contributed by atoms with Crippen molar-refractivity contribution in [2.45, 2.75) is 52.4 Å². The maximum Gasteiger partial charge on any atom is 0.306 e. The van der Waals surface area contributed by atoms with E-state index in [0.29, 0.717) is 13.0 Å². The third kappa shape index (κ3) is 8.43. The molecule has 0 aliphatic carbocycles. The van der Waals surface area contributed by atoms with Crippen molar-refractivity contribution in [2.24, 2.45) is 5.92 Å². The van der Waals surface area contributed by atoms with Crippen LogP contribution in [-0.4, -0.2) is 24.3 Å². The molecule has 0 aromatic rings. The van der Waals surface area contributed by atoms with Crippen molar-refractivity contribution in [3.63, 3.8) is 0 Å². The highest BCUT2D eigenvalue weighted by Crippen LogP contribution is 2.14. The summed E-state index contributed by atoms with van der Waals surface area (Å²) in [5.74, 6) is -0.104. The molecule has 0 spiro atoms. The third-order valence-corrected chi connectivity index (χ3v) is 2.48. The van der Waals surface area contributed by atoms with Gasteiger partial charge in [0.15, 0.2) is 0 Å². The van der Waals surface area contributed by atoms with E-state index in [4.69, 9.17) is 9.84 Å². The number of esters is 1. The molecule has 90 valence electrons. The standard InChI is InChI=1S/C12H24O3/c1-3-5-6-7-8-11(10-13)9-12(14)15-4-2/h11,13H,3-10H2,1-2H3. The van der Waals surface area contributed by atoms with Crippen molar-refractivity contribution < 1.29 is 14.6 Å². The number of unbranched alkanes of at least 4 members (excludes halogenated alkanes) is 3. The van der Waals surface area contributed by atoms with Crippen LogP contribution in [0, 0.1) is 5.92 Å². The minimum atomic E-state index is -0.188. The summed E-state index contributed by atoms with van der Waals surface area (Å²) in [5, 5.41) is 9.09. The fourth-order valence-corrected chi connectivity index (χ4v) is 1.57. The van der Waals surface area contributed by atoms with Crippen LogP contribution in [0.2, 0.25) is 0 Å². The zero-order valence-electron chi connectivity index (χ0n) is 10.00. The first-order chi connectivity index (χ1) is 7.24. The van der Waals surface area contributed by atoms with E-state index in [1.807, 2.05) is 0 Å². The Hall–Kier alpha value is -0.570. The molecule has 0 rings (SSSR count). The van der Waals surface area contributed by atoms with Gasteiger partial charge >= 0.3 is 5.97 Å². The molecule has 15 heavy (non-hydrogen) atoms. The van der Waals surface area contributed by atoms with Gasteiger partial charge in [-0.1, -0.05) is 32.6 Å². The Bertz CT molecular complexity index is 157. The molecule has 0 fully saturated rings. The van der Waals surface area contributed by atoms with Gasteiger partial charge in [0, 0.05) is 6.61 Å². The van der Waals surface area contributed by atoms with Crippen molar-refractivity contribution in [3.05, 3.63) is 0 Å². The van der Waals surface area contributed by atoms with Crippen LogP contribution in [0.15, 0.2) is 0 Å². The van der Waals surface area contributed by atoms with Crippen molar-refractivity contribution in [2.75, 3.05) is 13.2 Å². The van der Waals surface area contributed by atoms with Crippen LogP contribution in [0.3, 0.4) is 0 Å². The first-order valence-electron chi connectivity index (χ1n) is 6.01. The number of carbonyl (C=O) groups is 1. The molecule has 0 aliphatic heterocycles. The van der Waals surface area contributed by atoms with E-state index in [1.54, 1.807) is 6.92 Å². The fraction of sp³-hybridized carbons (Fsp3) is 0.917. The topological polar surface area (TPSA) is 46.5 Å². The molecule has 0 bridgehead atoms. The van der Waals surface area contributed by atoms with Crippen LogP contribution in [0.5, 0.6) is 0 Å². The van der Waals surface area contributed by atoms with Crippen LogP contribution < -0.4 is 0 Å². The summed E-state index contributed by atoms with van der Waals surface area (Å²) in [6.45, 7) is 4.48. The zero-order valence-corrected chi connectivity index (χ0v) is 10.00. The third-order valence-electron chi connectivity index (χ3n) is 2.48. The summed E-state index contributed by atoms with van der Waals surface area (Å²) in [4.78, 5) is 11.2. The SMILES string of the molecule is CCCCCCC(CO)CC(=O)OCC. The number of aliphatic hydroxyl groups is 1. The van der Waals surface area contributed by atoms with Crippen LogP contribution in [0.25, 0.3) is 0 Å². The normalized spacial score (nSPS) is 12.5. The maximum atomic E-state index is 11.2. The maximum absolute atomic E-state index is 11.2. The van der Waals surface area contributed by atoms with E-state index in [-0.39, 0.29) is 18.5 Å². The Labute approximate surface area is 92.8 Å². The molecule has 1 atom stereocenters. The van der Waals surface area contributed by atoms with Gasteiger partial charge in [-0.05, 0) is 19.3 Å². The highest BCUT2D eigenvalue weighted by Gasteiger charge is 2.13. The van der Waals surface area contributed by atoms with Crippen molar-refractivity contribution in [1.82, 2.24) is 0 Å². The first kappa shape index (κ1) is 14.4. The Kier molecular flexibility index (Phi) is 9.59. The van der Waals surface area contributed by atoms with Crippen molar-refractivity contribution in [3.8, 4) is 0 Å². The van der Waals surface area contributed by atoms with E-state index in [9.17, 15) is 4.79 Å². The molecule has 1 N–H and O–H groups in total. The molecule has 0 heterocycles. The van der Waals surface area contributed by atoms with Gasteiger partial charge < -0.3 is 9.84 Å². The van der Waals surface area contributed by atoms with Gasteiger partial charge in [0.05, 0.1) is 13.0 Å². The molecule has 3 nitrogen and oxygen atoms in total. The molecule has 0 aromatic heterocycles. The second-order valence-corrected chi connectivity index (χ2v) is 3.91. The van der Waals surface area contributed by atoms with E-state index in [2.05, 4.69) is 6.92 Å². The Balaban J connectivity index is 3.58. The quantitative estimate of drug-likeness (QED) is 0.476. The first-order valence-corrected chi connectivity index (χ1v) is 6.01. The number of rotatable bonds is 9. The van der Waals surface area contributed by atoms with Gasteiger partial charge in [0.2, 0.25) is 0 Å². The highest BCUT2D eigenvalue weighted by atomic mass is 16.5. The van der Waals surface area contributed by atoms with Crippen LogP contribution in [-0.2, 0) is 9.53 Å². The molecule has 0 aliphatic rings. The largest absolute Gasteiger partial charge is 0.466 e. The molecule has 0 aromatic carbocycles. The molecule has 1 unspecified atom stereocenters. The molecule has 0 saturated heterocycles. The van der Waals surface area contributed by atoms with Crippen LogP contribution in [0.4, 0.5) is 0 Å². The Morgan fingerprint density at radius 3 is 2.53 bits per heavy atom. The van der Waals surface area contributed by atoms with E-state index in [1.165, 1.54) is 19.3 Å². The van der Waals surface area contributed by atoms with E-state index in [0.717, 1.165) is 12.8 Å². The van der Waals surface area contributed by atoms with E-state index >= 15 is 0 Å². The minimum absolute atomic E-state index is 0.0842. The van der Waals surface area contributed by atoms with Gasteiger partial charge in [0.25, 0.3) is 0 Å². The lowest BCUT2D eigenvalue weighted by atomic mass is 9.98. The summed E-state index contributed by atoms with van der Waals surface area (Å²) < 4.78 is 4.85. The second-order valence-electron chi connectivity index (χ2n) is 3.91. The van der Waals surface area contributed by atoms with Crippen LogP contribution >= 0.6 is 0 Å². The van der Waals surface area contributed by atoms with Gasteiger partial charge in [-0.25, -0.2) is 0 Å². The Morgan fingerprint density at radius 2 is 2.00 bits per heavy atom. The molecular weight excluding hydrogens is 192 g/mol. The fourth-order valence-electron chi connectivity index (χ4n) is 1.57. The monoisotopic (exact) mass is 216 g/mol.